The lowest BCUT2D eigenvalue weighted by atomic mass is 11.0. The summed E-state index contributed by atoms with van der Waals surface area (Å²) in [5, 5.41) is 2.53. The van der Waals surface area contributed by atoms with Crippen molar-refractivity contribution in [3.8, 4) is 0 Å². The lowest BCUT2D eigenvalue weighted by Gasteiger charge is -1.95. The Labute approximate surface area is 64.2 Å². The van der Waals surface area contributed by atoms with Gasteiger partial charge in [0.1, 0.15) is 0 Å². The number of thiocarbonyl (C=S) groups is 2. The van der Waals surface area contributed by atoms with E-state index in [1.165, 1.54) is 0 Å². The van der Waals surface area contributed by atoms with E-state index in [0.717, 1.165) is 0 Å². The molecule has 0 bridgehead atoms. The summed E-state index contributed by atoms with van der Waals surface area (Å²) in [5.74, 6) is 0. The number of halogens is 1. The highest BCUT2D eigenvalue weighted by Gasteiger charge is 1.83. The van der Waals surface area contributed by atoms with Gasteiger partial charge >= 0.3 is 0 Å². The van der Waals surface area contributed by atoms with Crippen LogP contribution in [0.4, 0.5) is 0 Å². The molecule has 0 aliphatic rings. The summed E-state index contributed by atoms with van der Waals surface area (Å²) in [6.07, 6.45) is 0. The van der Waals surface area contributed by atoms with Crippen molar-refractivity contribution >= 4 is 47.1 Å². The Morgan fingerprint density at radius 3 is 1.38 bits per heavy atom. The maximum atomic E-state index is 4.95. The number of nitrogens with one attached hydrogen (secondary N) is 1. The van der Waals surface area contributed by atoms with Crippen molar-refractivity contribution in [3.63, 3.8) is 0 Å². The Kier molecular flexibility index (Phi) is 6.76. The zero-order chi connectivity index (χ0) is 5.86. The van der Waals surface area contributed by atoms with Crippen LogP contribution in [-0.4, -0.2) is 10.2 Å². The van der Waals surface area contributed by atoms with E-state index in [1.54, 1.807) is 0 Å². The van der Waals surface area contributed by atoms with Crippen molar-refractivity contribution in [2.75, 3.05) is 0 Å². The van der Waals surface area contributed by atoms with Gasteiger partial charge in [0.25, 0.3) is 0 Å². The van der Waals surface area contributed by atoms with Crippen LogP contribution in [0, 0.1) is 0 Å². The van der Waals surface area contributed by atoms with E-state index in [4.69, 9.17) is 11.5 Å². The average Bonchev–Trinajstić information content (AvgIpc) is 1.27. The third-order valence-corrected chi connectivity index (χ3v) is 0.451. The van der Waals surface area contributed by atoms with Gasteiger partial charge in [0.05, 0.1) is 0 Å². The Hall–Kier alpha value is -0.130. The Morgan fingerprint density at radius 2 is 1.38 bits per heavy atom. The number of hydrogen-bond donors (Lipinski definition) is 3. The quantitative estimate of drug-likeness (QED) is 0.429. The molecule has 8 heavy (non-hydrogen) atoms. The standard InChI is InChI=1S/C2H5N3S2.ClH/c3-1(6)5-2(4)7;/h(H5,3,4,5,6,7);1H. The van der Waals surface area contributed by atoms with Gasteiger partial charge in [0.2, 0.25) is 0 Å². The normalized spacial score (nSPS) is 6.50. The van der Waals surface area contributed by atoms with Crippen LogP contribution < -0.4 is 16.8 Å². The van der Waals surface area contributed by atoms with Crippen molar-refractivity contribution < 1.29 is 0 Å². The van der Waals surface area contributed by atoms with Gasteiger partial charge in [0, 0.05) is 0 Å². The highest BCUT2D eigenvalue weighted by atomic mass is 35.5. The molecule has 0 radical (unpaired) electrons. The SMILES string of the molecule is Cl.NC(=S)NC(N)=S. The summed E-state index contributed by atoms with van der Waals surface area (Å²) in [4.78, 5) is 0. The number of rotatable bonds is 0. The van der Waals surface area contributed by atoms with E-state index in [1.807, 2.05) is 0 Å². The van der Waals surface area contributed by atoms with Crippen LogP contribution in [0.5, 0.6) is 0 Å². The molecule has 0 aliphatic carbocycles. The molecule has 0 saturated heterocycles. The van der Waals surface area contributed by atoms with Gasteiger partial charge < -0.3 is 16.8 Å². The lowest BCUT2D eigenvalue weighted by Crippen LogP contribution is -2.38. The van der Waals surface area contributed by atoms with Crippen LogP contribution in [0.1, 0.15) is 0 Å². The maximum Gasteiger partial charge on any atom is 0.169 e. The molecule has 0 saturated carbocycles. The van der Waals surface area contributed by atoms with Gasteiger partial charge in [-0.1, -0.05) is 0 Å². The minimum atomic E-state index is 0. The molecule has 5 N–H and O–H groups in total. The van der Waals surface area contributed by atoms with E-state index in [0.29, 0.717) is 0 Å². The maximum absolute atomic E-state index is 4.95. The van der Waals surface area contributed by atoms with E-state index in [-0.39, 0.29) is 22.6 Å². The van der Waals surface area contributed by atoms with Gasteiger partial charge in [-0.15, -0.1) is 12.4 Å². The molecule has 0 atom stereocenters. The molecule has 6 heteroatoms. The molecule has 3 nitrogen and oxygen atoms in total. The van der Waals surface area contributed by atoms with Crippen molar-refractivity contribution in [2.45, 2.75) is 0 Å². The second kappa shape index (κ2) is 5.02. The molecule has 0 spiro atoms. The molecule has 48 valence electrons. The van der Waals surface area contributed by atoms with Gasteiger partial charge in [-0.05, 0) is 24.4 Å². The van der Waals surface area contributed by atoms with Crippen LogP contribution in [0.2, 0.25) is 0 Å². The van der Waals surface area contributed by atoms with Gasteiger partial charge in [0.15, 0.2) is 10.2 Å². The predicted molar refractivity (Wildman–Crippen MR) is 44.0 cm³/mol. The zero-order valence-electron chi connectivity index (χ0n) is 3.88. The first-order valence-corrected chi connectivity index (χ1v) is 2.30. The van der Waals surface area contributed by atoms with E-state index in [9.17, 15) is 0 Å². The Bertz CT molecular complexity index is 91.5. The zero-order valence-corrected chi connectivity index (χ0v) is 6.33. The largest absolute Gasteiger partial charge is 0.376 e. The Balaban J connectivity index is 0. The van der Waals surface area contributed by atoms with Crippen molar-refractivity contribution in [3.05, 3.63) is 0 Å². The fraction of sp³-hybridized carbons (Fsp3) is 0. The summed E-state index contributed by atoms with van der Waals surface area (Å²) in [6.45, 7) is 0. The minimum Gasteiger partial charge on any atom is -0.376 e. The second-order valence-corrected chi connectivity index (χ2v) is 1.73. The molecule has 0 amide bonds. The predicted octanol–water partition coefficient (Wildman–Crippen LogP) is -0.515. The van der Waals surface area contributed by atoms with Crippen molar-refractivity contribution in [1.82, 2.24) is 5.32 Å². The van der Waals surface area contributed by atoms with E-state index < -0.39 is 0 Å². The summed E-state index contributed by atoms with van der Waals surface area (Å²) in [6, 6.07) is 0. The summed E-state index contributed by atoms with van der Waals surface area (Å²) in [5.41, 5.74) is 9.89. The van der Waals surface area contributed by atoms with Crippen molar-refractivity contribution in [1.29, 1.82) is 0 Å². The summed E-state index contributed by atoms with van der Waals surface area (Å²) in [7, 11) is 0. The third kappa shape index (κ3) is 9.30. The number of nitrogens with two attached hydrogens (primary N) is 2. The molecule has 0 rings (SSSR count). The lowest BCUT2D eigenvalue weighted by molar-refractivity contribution is 1.36. The molecular weight excluding hydrogens is 166 g/mol. The fourth-order valence-corrected chi connectivity index (χ4v) is 0.406. The first-order chi connectivity index (χ1) is 3.13. The molecule has 0 fully saturated rings. The molecule has 0 aromatic heterocycles. The second-order valence-electron chi connectivity index (χ2n) is 0.854. The van der Waals surface area contributed by atoms with Gasteiger partial charge in [-0.2, -0.15) is 0 Å². The average molecular weight is 172 g/mol. The smallest absolute Gasteiger partial charge is 0.169 e. The topological polar surface area (TPSA) is 64.1 Å². The molecule has 0 heterocycles. The summed E-state index contributed by atoms with van der Waals surface area (Å²) < 4.78 is 0. The highest BCUT2D eigenvalue weighted by Crippen LogP contribution is 1.55. The third-order valence-electron chi connectivity index (χ3n) is 0.246. The monoisotopic (exact) mass is 171 g/mol. The van der Waals surface area contributed by atoms with Gasteiger partial charge in [-0.3, -0.25) is 0 Å². The van der Waals surface area contributed by atoms with Gasteiger partial charge in [-0.25, -0.2) is 0 Å². The van der Waals surface area contributed by atoms with Crippen LogP contribution >= 0.6 is 36.8 Å². The van der Waals surface area contributed by atoms with Crippen LogP contribution in [0.15, 0.2) is 0 Å². The fourth-order valence-electron chi connectivity index (χ4n) is 0.121. The molecule has 0 unspecified atom stereocenters. The van der Waals surface area contributed by atoms with Crippen LogP contribution in [-0.2, 0) is 0 Å². The summed E-state index contributed by atoms with van der Waals surface area (Å²) >= 11 is 8.74. The number of hydrogen-bond acceptors (Lipinski definition) is 2. The molecular formula is C2H6ClN3S2. The molecule has 0 aromatic rings. The first kappa shape index (κ1) is 10.8. The van der Waals surface area contributed by atoms with E-state index in [2.05, 4.69) is 29.8 Å². The molecule has 0 aromatic carbocycles. The minimum absolute atomic E-state index is 0. The Morgan fingerprint density at radius 1 is 1.12 bits per heavy atom. The first-order valence-electron chi connectivity index (χ1n) is 1.49. The molecule has 0 aliphatic heterocycles. The van der Waals surface area contributed by atoms with E-state index >= 15 is 0 Å². The van der Waals surface area contributed by atoms with Crippen LogP contribution in [0.3, 0.4) is 0 Å². The highest BCUT2D eigenvalue weighted by molar-refractivity contribution is 7.81. The van der Waals surface area contributed by atoms with Crippen LogP contribution in [0.25, 0.3) is 0 Å². The van der Waals surface area contributed by atoms with Crippen molar-refractivity contribution in [2.24, 2.45) is 11.5 Å².